The van der Waals surface area contributed by atoms with Gasteiger partial charge in [-0.3, -0.25) is 10.2 Å². The van der Waals surface area contributed by atoms with Gasteiger partial charge in [0, 0.05) is 5.38 Å². The first-order valence-corrected chi connectivity index (χ1v) is 8.81. The molecule has 6 nitrogen and oxygen atoms in total. The van der Waals surface area contributed by atoms with Crippen LogP contribution in [0.2, 0.25) is 0 Å². The van der Waals surface area contributed by atoms with Crippen LogP contribution >= 0.6 is 33.9 Å². The number of hydrogen-bond donors (Lipinski definition) is 1. The largest absolute Gasteiger partial charge is 0.496 e. The fraction of sp³-hybridized carbons (Fsp3) is 0.267. The van der Waals surface area contributed by atoms with E-state index in [2.05, 4.69) is 38.1 Å². The van der Waals surface area contributed by atoms with E-state index < -0.39 is 0 Å². The zero-order chi connectivity index (χ0) is 16.7. The van der Waals surface area contributed by atoms with Gasteiger partial charge >= 0.3 is 5.97 Å². The third-order valence-electron chi connectivity index (χ3n) is 2.73. The summed E-state index contributed by atoms with van der Waals surface area (Å²) in [5.74, 6) is 0.527. The standard InChI is InChI=1S/C15H16IN3O3S/c1-3-22-14(20)7-11-9-23-15(18-11)19-17-8-10-4-5-12(16)13(6-10)21-2/h4-6,8-9H,3,7H2,1-2H3,(H,18,19). The van der Waals surface area contributed by atoms with Crippen LogP contribution in [0.1, 0.15) is 18.2 Å². The lowest BCUT2D eigenvalue weighted by molar-refractivity contribution is -0.142. The predicted molar refractivity (Wildman–Crippen MR) is 99.4 cm³/mol. The van der Waals surface area contributed by atoms with Crippen LogP contribution in [0, 0.1) is 3.57 Å². The molecule has 0 bridgehead atoms. The van der Waals surface area contributed by atoms with Gasteiger partial charge in [-0.1, -0.05) is 6.07 Å². The number of thiazole rings is 1. The van der Waals surface area contributed by atoms with E-state index in [9.17, 15) is 4.79 Å². The highest BCUT2D eigenvalue weighted by molar-refractivity contribution is 14.1. The first-order chi connectivity index (χ1) is 11.1. The number of aromatic nitrogens is 1. The van der Waals surface area contributed by atoms with Crippen LogP contribution in [-0.2, 0) is 16.0 Å². The van der Waals surface area contributed by atoms with Gasteiger partial charge in [-0.2, -0.15) is 5.10 Å². The van der Waals surface area contributed by atoms with Crippen molar-refractivity contribution in [3.63, 3.8) is 0 Å². The van der Waals surface area contributed by atoms with Crippen molar-refractivity contribution in [2.45, 2.75) is 13.3 Å². The number of nitrogens with zero attached hydrogens (tertiary/aromatic N) is 2. The number of methoxy groups -OCH3 is 1. The summed E-state index contributed by atoms with van der Waals surface area (Å²) in [6.07, 6.45) is 1.86. The number of hydrogen-bond acceptors (Lipinski definition) is 7. The predicted octanol–water partition coefficient (Wildman–Crippen LogP) is 3.31. The molecule has 23 heavy (non-hydrogen) atoms. The molecule has 1 aromatic heterocycles. The molecule has 1 heterocycles. The van der Waals surface area contributed by atoms with Gasteiger partial charge in [0.1, 0.15) is 5.75 Å². The molecule has 2 rings (SSSR count). The molecule has 0 saturated heterocycles. The number of benzene rings is 1. The van der Waals surface area contributed by atoms with Crippen molar-refractivity contribution in [2.24, 2.45) is 5.10 Å². The number of rotatable bonds is 7. The lowest BCUT2D eigenvalue weighted by atomic mass is 10.2. The molecule has 0 amide bonds. The molecule has 0 aliphatic carbocycles. The SMILES string of the molecule is CCOC(=O)Cc1csc(NN=Cc2ccc(I)c(OC)c2)n1. The van der Waals surface area contributed by atoms with E-state index in [1.54, 1.807) is 20.2 Å². The number of nitrogens with one attached hydrogen (secondary N) is 1. The molecule has 0 aliphatic heterocycles. The third kappa shape index (κ3) is 5.47. The van der Waals surface area contributed by atoms with Crippen molar-refractivity contribution in [3.8, 4) is 5.75 Å². The summed E-state index contributed by atoms with van der Waals surface area (Å²) in [6.45, 7) is 2.15. The summed E-state index contributed by atoms with van der Waals surface area (Å²) in [5.41, 5.74) is 4.44. The van der Waals surface area contributed by atoms with Gasteiger partial charge in [0.05, 0.1) is 35.6 Å². The van der Waals surface area contributed by atoms with Gasteiger partial charge in [0.25, 0.3) is 0 Å². The maximum absolute atomic E-state index is 11.4. The molecule has 0 aliphatic rings. The van der Waals surface area contributed by atoms with Crippen LogP contribution in [0.3, 0.4) is 0 Å². The number of ether oxygens (including phenoxy) is 2. The zero-order valence-electron chi connectivity index (χ0n) is 12.7. The Bertz CT molecular complexity index is 703. The fourth-order valence-electron chi connectivity index (χ4n) is 1.72. The Hall–Kier alpha value is -1.68. The van der Waals surface area contributed by atoms with Crippen LogP contribution in [-0.4, -0.2) is 30.9 Å². The smallest absolute Gasteiger partial charge is 0.311 e. The minimum absolute atomic E-state index is 0.171. The van der Waals surface area contributed by atoms with Crippen LogP contribution in [0.25, 0.3) is 0 Å². The third-order valence-corrected chi connectivity index (χ3v) is 4.42. The van der Waals surface area contributed by atoms with Crippen LogP contribution < -0.4 is 10.2 Å². The average molecular weight is 445 g/mol. The molecular weight excluding hydrogens is 429 g/mol. The van der Waals surface area contributed by atoms with Gasteiger partial charge in [-0.05, 0) is 47.2 Å². The van der Waals surface area contributed by atoms with Gasteiger partial charge < -0.3 is 9.47 Å². The Morgan fingerprint density at radius 1 is 1.52 bits per heavy atom. The number of carbonyl (C=O) groups excluding carboxylic acids is 1. The first kappa shape index (κ1) is 17.7. The van der Waals surface area contributed by atoms with E-state index in [1.165, 1.54) is 11.3 Å². The summed E-state index contributed by atoms with van der Waals surface area (Å²) in [7, 11) is 1.64. The average Bonchev–Trinajstić information content (AvgIpc) is 2.96. The summed E-state index contributed by atoms with van der Waals surface area (Å²) >= 11 is 3.60. The molecule has 8 heteroatoms. The molecule has 2 aromatic rings. The van der Waals surface area contributed by atoms with E-state index in [0.717, 1.165) is 14.9 Å². The van der Waals surface area contributed by atoms with Gasteiger partial charge in [-0.25, -0.2) is 4.98 Å². The van der Waals surface area contributed by atoms with E-state index >= 15 is 0 Å². The highest BCUT2D eigenvalue weighted by Gasteiger charge is 2.07. The van der Waals surface area contributed by atoms with Crippen molar-refractivity contribution < 1.29 is 14.3 Å². The van der Waals surface area contributed by atoms with E-state index in [4.69, 9.17) is 9.47 Å². The molecular formula is C15H16IN3O3S. The molecule has 0 radical (unpaired) electrons. The first-order valence-electron chi connectivity index (χ1n) is 6.85. The molecule has 122 valence electrons. The highest BCUT2D eigenvalue weighted by Crippen LogP contribution is 2.21. The quantitative estimate of drug-likeness (QED) is 0.307. The second-order valence-electron chi connectivity index (χ2n) is 4.39. The zero-order valence-corrected chi connectivity index (χ0v) is 15.7. The lowest BCUT2D eigenvalue weighted by Gasteiger charge is -2.03. The van der Waals surface area contributed by atoms with Gasteiger partial charge in [0.15, 0.2) is 0 Å². The van der Waals surface area contributed by atoms with Crippen LogP contribution in [0.4, 0.5) is 5.13 Å². The molecule has 0 fully saturated rings. The summed E-state index contributed by atoms with van der Waals surface area (Å²) in [5, 5.41) is 6.58. The van der Waals surface area contributed by atoms with Crippen LogP contribution in [0.15, 0.2) is 28.7 Å². The summed E-state index contributed by atoms with van der Waals surface area (Å²) < 4.78 is 11.2. The second-order valence-corrected chi connectivity index (χ2v) is 6.41. The topological polar surface area (TPSA) is 72.8 Å². The Labute approximate surface area is 152 Å². The molecule has 1 N–H and O–H groups in total. The lowest BCUT2D eigenvalue weighted by Crippen LogP contribution is -2.07. The Balaban J connectivity index is 1.93. The Morgan fingerprint density at radius 2 is 2.35 bits per heavy atom. The van der Waals surface area contributed by atoms with Crippen molar-refractivity contribution in [1.29, 1.82) is 0 Å². The summed E-state index contributed by atoms with van der Waals surface area (Å²) in [6, 6.07) is 5.81. The second kappa shape index (κ2) is 8.82. The number of halogens is 1. The summed E-state index contributed by atoms with van der Waals surface area (Å²) in [4.78, 5) is 15.7. The Morgan fingerprint density at radius 3 is 3.09 bits per heavy atom. The number of hydrazone groups is 1. The number of anilines is 1. The number of esters is 1. The minimum Gasteiger partial charge on any atom is -0.496 e. The van der Waals surface area contributed by atoms with E-state index in [0.29, 0.717) is 17.4 Å². The van der Waals surface area contributed by atoms with Crippen molar-refractivity contribution >= 4 is 51.2 Å². The van der Waals surface area contributed by atoms with Crippen LogP contribution in [0.5, 0.6) is 5.75 Å². The minimum atomic E-state index is -0.279. The molecule has 0 unspecified atom stereocenters. The molecule has 0 atom stereocenters. The van der Waals surface area contributed by atoms with Crippen molar-refractivity contribution in [1.82, 2.24) is 4.98 Å². The number of carbonyl (C=O) groups is 1. The maximum atomic E-state index is 11.4. The highest BCUT2D eigenvalue weighted by atomic mass is 127. The fourth-order valence-corrected chi connectivity index (χ4v) is 2.93. The van der Waals surface area contributed by atoms with E-state index in [-0.39, 0.29) is 12.4 Å². The molecule has 0 spiro atoms. The van der Waals surface area contributed by atoms with Gasteiger partial charge in [-0.15, -0.1) is 11.3 Å². The normalized spacial score (nSPS) is 10.7. The van der Waals surface area contributed by atoms with Crippen molar-refractivity contribution in [3.05, 3.63) is 38.4 Å². The monoisotopic (exact) mass is 445 g/mol. The van der Waals surface area contributed by atoms with Gasteiger partial charge in [0.2, 0.25) is 5.13 Å². The van der Waals surface area contributed by atoms with Crippen molar-refractivity contribution in [2.75, 3.05) is 19.1 Å². The molecule has 0 saturated carbocycles. The Kier molecular flexibility index (Phi) is 6.78. The van der Waals surface area contributed by atoms with E-state index in [1.807, 2.05) is 23.6 Å². The maximum Gasteiger partial charge on any atom is 0.311 e. The molecule has 1 aromatic carbocycles.